The first kappa shape index (κ1) is 10.1. The number of methoxy groups -OCH3 is 1. The van der Waals surface area contributed by atoms with Gasteiger partial charge in [0.1, 0.15) is 5.75 Å². The second kappa shape index (κ2) is 4.28. The van der Waals surface area contributed by atoms with Crippen LogP contribution >= 0.6 is 15.9 Å². The van der Waals surface area contributed by atoms with Gasteiger partial charge in [-0.2, -0.15) is 0 Å². The molecule has 0 spiro atoms. The summed E-state index contributed by atoms with van der Waals surface area (Å²) in [7, 11) is 1.43. The highest BCUT2D eigenvalue weighted by atomic mass is 79.9. The van der Waals surface area contributed by atoms with Crippen molar-refractivity contribution in [2.75, 3.05) is 7.11 Å². The molecule has 0 N–H and O–H groups in total. The average Bonchev–Trinajstić information content (AvgIpc) is 2.16. The summed E-state index contributed by atoms with van der Waals surface area (Å²) in [6.45, 7) is 0. The molecule has 1 aromatic rings. The Balaban J connectivity index is 3.29. The van der Waals surface area contributed by atoms with Crippen molar-refractivity contribution in [3.05, 3.63) is 29.3 Å². The molecule has 0 atom stereocenters. The number of carboxylic acid groups (broad SMARTS) is 1. The first-order valence-corrected chi connectivity index (χ1v) is 4.76. The molecule has 0 amide bonds. The Morgan fingerprint density at radius 2 is 2.31 bits per heavy atom. The van der Waals surface area contributed by atoms with Gasteiger partial charge >= 0.3 is 0 Å². The lowest BCUT2D eigenvalue weighted by Gasteiger charge is -2.12. The number of ether oxygens (including phenoxy) is 1. The van der Waals surface area contributed by atoms with Gasteiger partial charge in [-0.25, -0.2) is 0 Å². The quantitative estimate of drug-likeness (QED) is 0.744. The average molecular weight is 244 g/mol. The van der Waals surface area contributed by atoms with E-state index in [0.717, 1.165) is 0 Å². The molecule has 0 aliphatic rings. The third-order valence-electron chi connectivity index (χ3n) is 1.68. The van der Waals surface area contributed by atoms with E-state index in [9.17, 15) is 9.90 Å². The molecule has 1 rings (SSSR count). The van der Waals surface area contributed by atoms with Crippen LogP contribution in [0.2, 0.25) is 0 Å². The van der Waals surface area contributed by atoms with Gasteiger partial charge in [0.15, 0.2) is 0 Å². The van der Waals surface area contributed by atoms with Crippen LogP contribution in [-0.2, 0) is 5.33 Å². The molecular formula is C9H8BrO3-. The number of benzene rings is 1. The minimum atomic E-state index is -1.22. The number of alkyl halides is 1. The van der Waals surface area contributed by atoms with Crippen molar-refractivity contribution in [1.29, 1.82) is 0 Å². The second-order valence-electron chi connectivity index (χ2n) is 2.42. The van der Waals surface area contributed by atoms with Crippen molar-refractivity contribution in [2.45, 2.75) is 5.33 Å². The lowest BCUT2D eigenvalue weighted by Crippen LogP contribution is -2.24. The molecule has 0 bridgehead atoms. The lowest BCUT2D eigenvalue weighted by molar-refractivity contribution is -0.255. The molecule has 4 heteroatoms. The molecule has 0 radical (unpaired) electrons. The minimum Gasteiger partial charge on any atom is -0.545 e. The largest absolute Gasteiger partial charge is 0.545 e. The fourth-order valence-electron chi connectivity index (χ4n) is 1.09. The first-order valence-electron chi connectivity index (χ1n) is 3.64. The van der Waals surface area contributed by atoms with Crippen LogP contribution in [0.5, 0.6) is 5.75 Å². The molecule has 3 nitrogen and oxygen atoms in total. The molecule has 0 saturated carbocycles. The van der Waals surface area contributed by atoms with Crippen molar-refractivity contribution in [3.63, 3.8) is 0 Å². The molecule has 0 saturated heterocycles. The van der Waals surface area contributed by atoms with E-state index in [0.29, 0.717) is 16.6 Å². The van der Waals surface area contributed by atoms with Gasteiger partial charge < -0.3 is 14.6 Å². The van der Waals surface area contributed by atoms with Crippen molar-refractivity contribution in [3.8, 4) is 5.75 Å². The van der Waals surface area contributed by atoms with Crippen LogP contribution in [0.15, 0.2) is 18.2 Å². The molecule has 0 aliphatic heterocycles. The van der Waals surface area contributed by atoms with Gasteiger partial charge in [-0.15, -0.1) is 0 Å². The third-order valence-corrected chi connectivity index (χ3v) is 2.28. The van der Waals surface area contributed by atoms with Gasteiger partial charge in [0.2, 0.25) is 0 Å². The fourth-order valence-corrected chi connectivity index (χ4v) is 1.56. The van der Waals surface area contributed by atoms with Gasteiger partial charge in [0.25, 0.3) is 0 Å². The predicted octanol–water partition coefficient (Wildman–Crippen LogP) is 0.954. The van der Waals surface area contributed by atoms with Crippen molar-refractivity contribution in [2.24, 2.45) is 0 Å². The van der Waals surface area contributed by atoms with Gasteiger partial charge in [-0.1, -0.05) is 28.1 Å². The van der Waals surface area contributed by atoms with E-state index in [4.69, 9.17) is 4.74 Å². The summed E-state index contributed by atoms with van der Waals surface area (Å²) in [5, 5.41) is 11.2. The summed E-state index contributed by atoms with van der Waals surface area (Å²) in [5.41, 5.74) is 0.765. The number of aromatic carboxylic acids is 1. The fraction of sp³-hybridized carbons (Fsp3) is 0.222. The maximum atomic E-state index is 10.7. The van der Waals surface area contributed by atoms with E-state index in [1.807, 2.05) is 0 Å². The zero-order chi connectivity index (χ0) is 9.84. The Hall–Kier alpha value is -1.03. The van der Waals surface area contributed by atoms with E-state index in [1.165, 1.54) is 7.11 Å². The Morgan fingerprint density at radius 3 is 2.77 bits per heavy atom. The highest BCUT2D eigenvalue weighted by Crippen LogP contribution is 2.22. The van der Waals surface area contributed by atoms with E-state index >= 15 is 0 Å². The van der Waals surface area contributed by atoms with E-state index < -0.39 is 5.97 Å². The Bertz CT molecular complexity index is 300. The predicted molar refractivity (Wildman–Crippen MR) is 50.0 cm³/mol. The van der Waals surface area contributed by atoms with Crippen LogP contribution in [0.3, 0.4) is 0 Å². The first-order chi connectivity index (χ1) is 6.20. The molecule has 0 aromatic heterocycles. The smallest absolute Gasteiger partial charge is 0.128 e. The van der Waals surface area contributed by atoms with Crippen molar-refractivity contribution >= 4 is 21.9 Å². The molecule has 0 unspecified atom stereocenters. The highest BCUT2D eigenvalue weighted by Gasteiger charge is 2.08. The number of hydrogen-bond acceptors (Lipinski definition) is 3. The van der Waals surface area contributed by atoms with E-state index in [-0.39, 0.29) is 5.56 Å². The number of rotatable bonds is 3. The van der Waals surface area contributed by atoms with Crippen LogP contribution in [0.1, 0.15) is 15.9 Å². The summed E-state index contributed by atoms with van der Waals surface area (Å²) >= 11 is 3.19. The highest BCUT2D eigenvalue weighted by molar-refractivity contribution is 9.08. The summed E-state index contributed by atoms with van der Waals surface area (Å²) in [5.74, 6) is -0.885. The molecule has 13 heavy (non-hydrogen) atoms. The summed E-state index contributed by atoms with van der Waals surface area (Å²) < 4.78 is 4.91. The topological polar surface area (TPSA) is 49.4 Å². The zero-order valence-electron chi connectivity index (χ0n) is 7.04. The van der Waals surface area contributed by atoms with Gasteiger partial charge in [-0.05, 0) is 11.6 Å². The molecule has 0 heterocycles. The number of hydrogen-bond donors (Lipinski definition) is 0. The molecule has 0 fully saturated rings. The number of carbonyl (C=O) groups is 1. The Kier molecular flexibility index (Phi) is 3.31. The Morgan fingerprint density at radius 1 is 1.62 bits per heavy atom. The third kappa shape index (κ3) is 2.01. The maximum absolute atomic E-state index is 10.7. The van der Waals surface area contributed by atoms with Crippen LogP contribution in [-0.4, -0.2) is 13.1 Å². The zero-order valence-corrected chi connectivity index (χ0v) is 8.63. The number of halogens is 1. The normalized spacial score (nSPS) is 9.69. The van der Waals surface area contributed by atoms with Crippen molar-refractivity contribution < 1.29 is 14.6 Å². The molecular weight excluding hydrogens is 236 g/mol. The summed E-state index contributed by atoms with van der Waals surface area (Å²) in [4.78, 5) is 10.7. The van der Waals surface area contributed by atoms with Crippen LogP contribution in [0.25, 0.3) is 0 Å². The SMILES string of the molecule is COc1cccc(CBr)c1C(=O)[O-]. The van der Waals surface area contributed by atoms with E-state index in [2.05, 4.69) is 15.9 Å². The molecule has 70 valence electrons. The number of carbonyl (C=O) groups excluding carboxylic acids is 1. The van der Waals surface area contributed by atoms with Gasteiger partial charge in [0.05, 0.1) is 13.1 Å². The molecule has 0 aliphatic carbocycles. The standard InChI is InChI=1S/C9H9BrO3/c1-13-7-4-2-3-6(5-10)8(7)9(11)12/h2-4H,5H2,1H3,(H,11,12)/p-1. The van der Waals surface area contributed by atoms with Crippen LogP contribution < -0.4 is 9.84 Å². The summed E-state index contributed by atoms with van der Waals surface area (Å²) in [6, 6.07) is 5.04. The van der Waals surface area contributed by atoms with Gasteiger partial charge in [0, 0.05) is 10.9 Å². The van der Waals surface area contributed by atoms with Crippen LogP contribution in [0, 0.1) is 0 Å². The summed E-state index contributed by atoms with van der Waals surface area (Å²) in [6.07, 6.45) is 0. The lowest BCUT2D eigenvalue weighted by atomic mass is 10.1. The van der Waals surface area contributed by atoms with Crippen molar-refractivity contribution in [1.82, 2.24) is 0 Å². The Labute approximate surface area is 84.5 Å². The van der Waals surface area contributed by atoms with E-state index in [1.54, 1.807) is 18.2 Å². The maximum Gasteiger partial charge on any atom is 0.128 e. The number of carboxylic acids is 1. The minimum absolute atomic E-state index is 0.113. The monoisotopic (exact) mass is 243 g/mol. The molecule has 1 aromatic carbocycles. The van der Waals surface area contributed by atoms with Crippen LogP contribution in [0.4, 0.5) is 0 Å². The second-order valence-corrected chi connectivity index (χ2v) is 2.98. The van der Waals surface area contributed by atoms with Gasteiger partial charge in [-0.3, -0.25) is 0 Å².